The number of aromatic amines is 1. The highest BCUT2D eigenvalue weighted by molar-refractivity contribution is 7.14. The van der Waals surface area contributed by atoms with Crippen molar-refractivity contribution in [2.45, 2.75) is 62.6 Å². The number of hydrogen-bond donors (Lipinski definition) is 3. The van der Waals surface area contributed by atoms with Crippen LogP contribution in [0.2, 0.25) is 0 Å². The van der Waals surface area contributed by atoms with Crippen LogP contribution in [0.3, 0.4) is 0 Å². The molecule has 2 aliphatic carbocycles. The maximum absolute atomic E-state index is 13.1. The maximum Gasteiger partial charge on any atom is 0.258 e. The number of amides is 2. The van der Waals surface area contributed by atoms with Crippen LogP contribution in [0, 0.1) is 17.2 Å². The average molecular weight is 523 g/mol. The largest absolute Gasteiger partial charge is 0.365 e. The van der Waals surface area contributed by atoms with E-state index >= 15 is 0 Å². The number of thiophene rings is 2. The van der Waals surface area contributed by atoms with Gasteiger partial charge in [-0.25, -0.2) is 0 Å². The number of aryl methyl sites for hydroxylation is 2. The van der Waals surface area contributed by atoms with Crippen LogP contribution in [-0.4, -0.2) is 62.0 Å². The summed E-state index contributed by atoms with van der Waals surface area (Å²) in [6.45, 7) is 2.20. The monoisotopic (exact) mass is 522 g/mol. The smallest absolute Gasteiger partial charge is 0.258 e. The molecule has 4 heterocycles. The molecule has 3 aromatic heterocycles. The fourth-order valence-electron chi connectivity index (χ4n) is 6.06. The Kier molecular flexibility index (Phi) is 5.66. The number of nitrogens with one attached hydrogen (secondary N) is 2. The van der Waals surface area contributed by atoms with Crippen LogP contribution >= 0.6 is 22.7 Å². The fraction of sp³-hybridized carbons (Fsp3) is 0.500. The van der Waals surface area contributed by atoms with Crippen molar-refractivity contribution in [3.05, 3.63) is 49.1 Å². The summed E-state index contributed by atoms with van der Waals surface area (Å²) in [6.07, 6.45) is 3.99. The van der Waals surface area contributed by atoms with Gasteiger partial charge in [-0.2, -0.15) is 10.5 Å². The molecule has 3 aromatic rings. The highest BCUT2D eigenvalue weighted by atomic mass is 32.1. The fourth-order valence-corrected chi connectivity index (χ4v) is 8.29. The summed E-state index contributed by atoms with van der Waals surface area (Å²) in [6, 6.07) is 6.09. The number of rotatable bonds is 7. The molecule has 0 radical (unpaired) electrons. The zero-order valence-corrected chi connectivity index (χ0v) is 21.4. The van der Waals surface area contributed by atoms with Gasteiger partial charge in [0, 0.05) is 21.8 Å². The minimum atomic E-state index is -0.744. The average Bonchev–Trinajstić information content (AvgIpc) is 3.39. The Morgan fingerprint density at radius 1 is 1.42 bits per heavy atom. The highest BCUT2D eigenvalue weighted by Gasteiger charge is 2.54. The van der Waals surface area contributed by atoms with E-state index in [1.807, 2.05) is 13.0 Å². The quantitative estimate of drug-likeness (QED) is 0.427. The molecular formula is C24H26N8O2S2. The molecule has 10 nitrogen and oxygen atoms in total. The van der Waals surface area contributed by atoms with Gasteiger partial charge in [-0.15, -0.1) is 32.9 Å². The molecule has 2 fully saturated rings. The first-order valence-electron chi connectivity index (χ1n) is 12.1. The number of primary amides is 1. The minimum Gasteiger partial charge on any atom is -0.365 e. The Morgan fingerprint density at radius 3 is 3.03 bits per heavy atom. The summed E-state index contributed by atoms with van der Waals surface area (Å²) >= 11 is 3.10. The molecule has 36 heavy (non-hydrogen) atoms. The molecule has 1 aliphatic heterocycles. The zero-order valence-electron chi connectivity index (χ0n) is 19.7. The van der Waals surface area contributed by atoms with E-state index in [0.717, 1.165) is 41.7 Å². The first-order chi connectivity index (χ1) is 17.4. The third-order valence-corrected chi connectivity index (χ3v) is 10.1. The van der Waals surface area contributed by atoms with Crippen molar-refractivity contribution in [2.24, 2.45) is 11.7 Å². The maximum atomic E-state index is 13.1. The van der Waals surface area contributed by atoms with Gasteiger partial charge in [-0.05, 0) is 73.6 Å². The highest BCUT2D eigenvalue weighted by Crippen LogP contribution is 2.51. The molecule has 1 saturated heterocycles. The zero-order chi connectivity index (χ0) is 25.0. The van der Waals surface area contributed by atoms with Crippen LogP contribution in [-0.2, 0) is 23.1 Å². The number of fused-ring (bicyclic) bond motifs is 3. The number of nitrogens with zero attached hydrogens (tertiary/aromatic N) is 5. The predicted octanol–water partition coefficient (Wildman–Crippen LogP) is 1.74. The lowest BCUT2D eigenvalue weighted by Crippen LogP contribution is -2.46. The van der Waals surface area contributed by atoms with Crippen LogP contribution in [0.15, 0.2) is 17.5 Å². The van der Waals surface area contributed by atoms with Gasteiger partial charge in [0.25, 0.3) is 5.91 Å². The molecule has 1 saturated carbocycles. The van der Waals surface area contributed by atoms with Gasteiger partial charge < -0.3 is 16.0 Å². The van der Waals surface area contributed by atoms with E-state index in [-0.39, 0.29) is 30.6 Å². The normalized spacial score (nSPS) is 26.9. The number of tetrazole rings is 1. The second kappa shape index (κ2) is 8.76. The third kappa shape index (κ3) is 3.65. The first-order valence-corrected chi connectivity index (χ1v) is 13.8. The molecule has 1 unspecified atom stereocenters. The number of carbonyl (C=O) groups is 2. The molecular weight excluding hydrogens is 496 g/mol. The molecule has 0 aromatic carbocycles. The van der Waals surface area contributed by atoms with Gasteiger partial charge in [0.05, 0.1) is 22.9 Å². The van der Waals surface area contributed by atoms with Crippen molar-refractivity contribution in [1.29, 1.82) is 5.26 Å². The van der Waals surface area contributed by atoms with E-state index in [9.17, 15) is 14.9 Å². The van der Waals surface area contributed by atoms with Gasteiger partial charge >= 0.3 is 0 Å². The molecule has 3 aliphatic rings. The molecule has 0 bridgehead atoms. The minimum absolute atomic E-state index is 0.0306. The summed E-state index contributed by atoms with van der Waals surface area (Å²) < 4.78 is 0. The van der Waals surface area contributed by atoms with Gasteiger partial charge in [0.1, 0.15) is 6.04 Å². The summed E-state index contributed by atoms with van der Waals surface area (Å²) in [5.74, 6) is 0.538. The van der Waals surface area contributed by atoms with E-state index < -0.39 is 11.3 Å². The second-order valence-corrected chi connectivity index (χ2v) is 12.0. The number of nitrogens with two attached hydrogens (primary N) is 1. The van der Waals surface area contributed by atoms with Crippen LogP contribution in [0.4, 0.5) is 0 Å². The van der Waals surface area contributed by atoms with E-state index in [4.69, 9.17) is 5.73 Å². The van der Waals surface area contributed by atoms with Crippen molar-refractivity contribution in [1.82, 2.24) is 30.8 Å². The van der Waals surface area contributed by atoms with Crippen LogP contribution < -0.4 is 11.1 Å². The molecule has 186 valence electrons. The van der Waals surface area contributed by atoms with Gasteiger partial charge in [-0.3, -0.25) is 9.59 Å². The number of piperidine rings is 1. The third-order valence-electron chi connectivity index (χ3n) is 7.75. The number of likely N-dealkylation sites (tertiary alicyclic amines) is 1. The van der Waals surface area contributed by atoms with E-state index in [1.54, 1.807) is 16.2 Å². The Balaban J connectivity index is 1.33. The number of nitriles is 1. The topological polar surface area (TPSA) is 154 Å². The van der Waals surface area contributed by atoms with Gasteiger partial charge in [0.2, 0.25) is 5.91 Å². The Labute approximate surface area is 215 Å². The second-order valence-electron chi connectivity index (χ2n) is 9.96. The molecule has 4 N–H and O–H groups in total. The van der Waals surface area contributed by atoms with Crippen LogP contribution in [0.5, 0.6) is 0 Å². The Bertz CT molecular complexity index is 1360. The van der Waals surface area contributed by atoms with Crippen LogP contribution in [0.1, 0.15) is 62.6 Å². The number of hydrogen-bond acceptors (Lipinski definition) is 9. The van der Waals surface area contributed by atoms with Crippen molar-refractivity contribution in [3.63, 3.8) is 0 Å². The lowest BCUT2D eigenvalue weighted by molar-refractivity contribution is -0.131. The molecule has 2 amide bonds. The van der Waals surface area contributed by atoms with Crippen molar-refractivity contribution >= 4 is 34.5 Å². The van der Waals surface area contributed by atoms with Crippen molar-refractivity contribution in [3.8, 4) is 6.07 Å². The number of carbonyl (C=O) groups excluding carboxylic acids is 2. The predicted molar refractivity (Wildman–Crippen MR) is 133 cm³/mol. The van der Waals surface area contributed by atoms with E-state index in [1.165, 1.54) is 16.2 Å². The standard InChI is InChI=1S/C24H26N8O2S2/c1-12(27-11-20(33)32-15(10-25)6-14-7-17(14)32)9-24(23-28-30-31-29-23)16-4-5-35-18(16)3-2-13-8-19(22(26)34)36-21(13)24/h4-5,8,12,14-15,17,27H,2-3,6-7,9,11H2,1H3,(H2,26,34)(H,28,29,30,31)/t12-,14-,15+,17+,24?/m1/s1. The summed E-state index contributed by atoms with van der Waals surface area (Å²) in [5, 5.41) is 30.3. The molecule has 0 spiro atoms. The summed E-state index contributed by atoms with van der Waals surface area (Å²) in [5.41, 5.74) is 7.10. The molecule has 12 heteroatoms. The van der Waals surface area contributed by atoms with Crippen molar-refractivity contribution in [2.75, 3.05) is 6.54 Å². The number of H-pyrrole nitrogens is 1. The Hall–Kier alpha value is -3.14. The van der Waals surface area contributed by atoms with E-state index in [0.29, 0.717) is 23.0 Å². The summed E-state index contributed by atoms with van der Waals surface area (Å²) in [7, 11) is 0. The van der Waals surface area contributed by atoms with Crippen LogP contribution in [0.25, 0.3) is 0 Å². The van der Waals surface area contributed by atoms with Gasteiger partial charge in [0.15, 0.2) is 5.82 Å². The summed E-state index contributed by atoms with van der Waals surface area (Å²) in [4.78, 5) is 29.7. The Morgan fingerprint density at radius 2 is 2.28 bits per heavy atom. The lowest BCUT2D eigenvalue weighted by atomic mass is 9.73. The van der Waals surface area contributed by atoms with Crippen molar-refractivity contribution < 1.29 is 9.59 Å². The van der Waals surface area contributed by atoms with Gasteiger partial charge in [-0.1, -0.05) is 5.21 Å². The molecule has 6 rings (SSSR count). The molecule has 5 atom stereocenters. The number of aromatic nitrogens is 4. The lowest BCUT2D eigenvalue weighted by Gasteiger charge is -2.34. The first kappa shape index (κ1) is 23.3. The van der Waals surface area contributed by atoms with E-state index in [2.05, 4.69) is 43.5 Å². The SMILES string of the molecule is C[C@H](CC1(c2nn[nH]n2)c2ccsc2CCc2cc(C(N)=O)sc21)NCC(=O)N1[C@H](C#N)C[C@@H]2C[C@@H]21.